The number of ether oxygens (including phenoxy) is 3. The highest BCUT2D eigenvalue weighted by atomic mass is 32.1. The van der Waals surface area contributed by atoms with Crippen LogP contribution in [0.4, 0.5) is 5.13 Å². The lowest BCUT2D eigenvalue weighted by Crippen LogP contribution is -2.32. The van der Waals surface area contributed by atoms with E-state index in [1.807, 2.05) is 19.2 Å². The van der Waals surface area contributed by atoms with E-state index >= 15 is 0 Å². The van der Waals surface area contributed by atoms with Gasteiger partial charge in [-0.3, -0.25) is 9.59 Å². The maximum atomic E-state index is 12.7. The molecule has 3 heterocycles. The zero-order chi connectivity index (χ0) is 19.7. The largest absolute Gasteiger partial charge is 0.459 e. The molecule has 2 aliphatic rings. The second-order valence-corrected chi connectivity index (χ2v) is 8.61. The second kappa shape index (κ2) is 7.59. The number of cyclic esters (lactones) is 2. The van der Waals surface area contributed by atoms with E-state index in [9.17, 15) is 9.59 Å². The van der Waals surface area contributed by atoms with E-state index in [-0.39, 0.29) is 12.8 Å². The minimum absolute atomic E-state index is 0.225. The smallest absolute Gasteiger partial charge is 0.324 e. The fraction of sp³-hybridized carbons (Fsp3) is 0.632. The lowest BCUT2D eigenvalue weighted by Gasteiger charge is -2.20. The topological polar surface area (TPSA) is 86.8 Å². The number of esters is 2. The molecule has 1 aromatic heterocycles. The Bertz CT molecular complexity index is 733. The molecular weight excluding hydrogens is 368 g/mol. The maximum absolute atomic E-state index is 12.7. The number of rotatable bonds is 8. The first-order chi connectivity index (χ1) is 12.8. The molecule has 27 heavy (non-hydrogen) atoms. The highest BCUT2D eigenvalue weighted by Gasteiger charge is 2.65. The molecule has 1 aromatic rings. The number of aromatic nitrogens is 1. The Morgan fingerprint density at radius 3 is 2.96 bits per heavy atom. The normalized spacial score (nSPS) is 30.0. The van der Waals surface area contributed by atoms with Gasteiger partial charge in [0.1, 0.15) is 6.10 Å². The number of nitrogens with one attached hydrogen (secondary N) is 1. The van der Waals surface area contributed by atoms with E-state index in [0.29, 0.717) is 31.4 Å². The van der Waals surface area contributed by atoms with Gasteiger partial charge in [-0.15, -0.1) is 17.9 Å². The van der Waals surface area contributed by atoms with Gasteiger partial charge < -0.3 is 19.5 Å². The second-order valence-electron chi connectivity index (χ2n) is 7.75. The van der Waals surface area contributed by atoms with Crippen LogP contribution in [0.2, 0.25) is 0 Å². The lowest BCUT2D eigenvalue weighted by atomic mass is 9.78. The highest BCUT2D eigenvalue weighted by molar-refractivity contribution is 7.13. The van der Waals surface area contributed by atoms with Crippen molar-refractivity contribution in [2.75, 3.05) is 25.1 Å². The summed E-state index contributed by atoms with van der Waals surface area (Å²) in [5.74, 6) is -0.658. The van der Waals surface area contributed by atoms with Gasteiger partial charge in [-0.1, -0.05) is 19.9 Å². The van der Waals surface area contributed by atoms with Crippen LogP contribution in [-0.2, 0) is 29.4 Å². The van der Waals surface area contributed by atoms with E-state index < -0.39 is 29.1 Å². The summed E-state index contributed by atoms with van der Waals surface area (Å²) in [4.78, 5) is 29.8. The average molecular weight is 394 g/mol. The Morgan fingerprint density at radius 1 is 1.48 bits per heavy atom. The van der Waals surface area contributed by atoms with Crippen molar-refractivity contribution in [2.45, 2.75) is 45.3 Å². The number of carbonyl (C=O) groups is 2. The van der Waals surface area contributed by atoms with Crippen molar-refractivity contribution in [1.29, 1.82) is 0 Å². The molecule has 1 N–H and O–H groups in total. The summed E-state index contributed by atoms with van der Waals surface area (Å²) >= 11 is 1.42. The van der Waals surface area contributed by atoms with Crippen LogP contribution in [-0.4, -0.2) is 42.8 Å². The van der Waals surface area contributed by atoms with E-state index in [1.54, 1.807) is 13.0 Å². The quantitative estimate of drug-likeness (QED) is 0.412. The van der Waals surface area contributed by atoms with E-state index in [1.165, 1.54) is 11.3 Å². The minimum atomic E-state index is -1.26. The van der Waals surface area contributed by atoms with E-state index in [2.05, 4.69) is 16.9 Å². The SMILES string of the molecule is C=CCNc1nc([C@@]2(C)C[C@]3(C[C@@H](COCC(C)C)OC3=O)C(=O)O2)cs1. The van der Waals surface area contributed by atoms with E-state index in [0.717, 1.165) is 5.13 Å². The number of carbonyl (C=O) groups excluding carboxylic acids is 2. The Labute approximate surface area is 163 Å². The number of hydrogen-bond acceptors (Lipinski definition) is 8. The molecule has 0 bridgehead atoms. The molecule has 1 spiro atoms. The molecular formula is C19H26N2O5S. The lowest BCUT2D eigenvalue weighted by molar-refractivity contribution is -0.160. The molecule has 3 atom stereocenters. The average Bonchev–Trinajstić information content (AvgIpc) is 3.25. The van der Waals surface area contributed by atoms with Crippen LogP contribution in [0.1, 0.15) is 39.3 Å². The van der Waals surface area contributed by atoms with E-state index in [4.69, 9.17) is 14.2 Å². The summed E-state index contributed by atoms with van der Waals surface area (Å²) in [5, 5.41) is 5.68. The minimum Gasteiger partial charge on any atom is -0.459 e. The number of hydrogen-bond donors (Lipinski definition) is 1. The Balaban J connectivity index is 1.71. The van der Waals surface area contributed by atoms with Crippen LogP contribution in [0.5, 0.6) is 0 Å². The molecule has 2 fully saturated rings. The molecule has 0 saturated carbocycles. The maximum Gasteiger partial charge on any atom is 0.324 e. The molecule has 0 amide bonds. The summed E-state index contributed by atoms with van der Waals surface area (Å²) in [6.07, 6.45) is 1.82. The van der Waals surface area contributed by atoms with Gasteiger partial charge in [0.25, 0.3) is 0 Å². The zero-order valence-corrected chi connectivity index (χ0v) is 16.8. The van der Waals surface area contributed by atoms with Gasteiger partial charge in [0, 0.05) is 31.4 Å². The molecule has 7 nitrogen and oxygen atoms in total. The van der Waals surface area contributed by atoms with Gasteiger partial charge in [-0.05, 0) is 12.8 Å². The van der Waals surface area contributed by atoms with Crippen LogP contribution in [0.25, 0.3) is 0 Å². The summed E-state index contributed by atoms with van der Waals surface area (Å²) in [6, 6.07) is 0. The summed E-state index contributed by atoms with van der Waals surface area (Å²) in [5.41, 5.74) is -1.58. The molecule has 2 saturated heterocycles. The predicted molar refractivity (Wildman–Crippen MR) is 101 cm³/mol. The van der Waals surface area contributed by atoms with Crippen molar-refractivity contribution in [3.63, 3.8) is 0 Å². The molecule has 8 heteroatoms. The third-order valence-electron chi connectivity index (χ3n) is 4.79. The molecule has 0 unspecified atom stereocenters. The van der Waals surface area contributed by atoms with Gasteiger partial charge in [-0.2, -0.15) is 0 Å². The molecule has 0 radical (unpaired) electrons. The molecule has 0 aliphatic carbocycles. The first-order valence-corrected chi connectivity index (χ1v) is 10.00. The van der Waals surface area contributed by atoms with Gasteiger partial charge in [0.15, 0.2) is 16.1 Å². The number of thiazole rings is 1. The molecule has 0 aromatic carbocycles. The van der Waals surface area contributed by atoms with Gasteiger partial charge in [-0.25, -0.2) is 4.98 Å². The van der Waals surface area contributed by atoms with Gasteiger partial charge >= 0.3 is 11.9 Å². The zero-order valence-electron chi connectivity index (χ0n) is 15.9. The molecule has 3 rings (SSSR count). The van der Waals surface area contributed by atoms with Crippen LogP contribution in [0, 0.1) is 11.3 Å². The van der Waals surface area contributed by atoms with Crippen LogP contribution < -0.4 is 5.32 Å². The van der Waals surface area contributed by atoms with Crippen LogP contribution >= 0.6 is 11.3 Å². The van der Waals surface area contributed by atoms with Crippen LogP contribution in [0.3, 0.4) is 0 Å². The number of anilines is 1. The standard InChI is InChI=1S/C19H26N2O5S/c1-5-6-20-17-21-14(10-27-17)18(4)11-19(16(23)26-18)7-13(25-15(19)22)9-24-8-12(2)3/h5,10,12-13H,1,6-9,11H2,2-4H3,(H,20,21)/t13-,18+,19-/m0/s1. The highest BCUT2D eigenvalue weighted by Crippen LogP contribution is 2.52. The first kappa shape index (κ1) is 19.8. The Kier molecular flexibility index (Phi) is 5.58. The van der Waals surface area contributed by atoms with Crippen LogP contribution in [0.15, 0.2) is 18.0 Å². The first-order valence-electron chi connectivity index (χ1n) is 9.12. The summed E-state index contributed by atoms with van der Waals surface area (Å²) in [7, 11) is 0. The van der Waals surface area contributed by atoms with Gasteiger partial charge in [0.2, 0.25) is 0 Å². The van der Waals surface area contributed by atoms with Crippen molar-refractivity contribution in [1.82, 2.24) is 4.98 Å². The van der Waals surface area contributed by atoms with Crippen molar-refractivity contribution >= 4 is 28.4 Å². The summed E-state index contributed by atoms with van der Waals surface area (Å²) < 4.78 is 16.7. The third kappa shape index (κ3) is 3.87. The van der Waals surface area contributed by atoms with Crippen molar-refractivity contribution in [3.05, 3.63) is 23.7 Å². The number of nitrogens with zero attached hydrogens (tertiary/aromatic N) is 1. The van der Waals surface area contributed by atoms with Gasteiger partial charge in [0.05, 0.1) is 12.3 Å². The third-order valence-corrected chi connectivity index (χ3v) is 5.59. The monoisotopic (exact) mass is 394 g/mol. The summed E-state index contributed by atoms with van der Waals surface area (Å²) in [6.45, 7) is 11.0. The Hall–Kier alpha value is -1.93. The molecule has 2 aliphatic heterocycles. The fourth-order valence-corrected chi connectivity index (χ4v) is 4.35. The Morgan fingerprint density at radius 2 is 2.26 bits per heavy atom. The molecule has 148 valence electrons. The fourth-order valence-electron chi connectivity index (χ4n) is 3.50. The van der Waals surface area contributed by atoms with Crippen molar-refractivity contribution in [3.8, 4) is 0 Å². The van der Waals surface area contributed by atoms with Crippen molar-refractivity contribution in [2.24, 2.45) is 11.3 Å². The van der Waals surface area contributed by atoms with Crippen molar-refractivity contribution < 1.29 is 23.8 Å². The predicted octanol–water partition coefficient (Wildman–Crippen LogP) is 2.88.